The van der Waals surface area contributed by atoms with Gasteiger partial charge in [-0.2, -0.15) is 0 Å². The summed E-state index contributed by atoms with van der Waals surface area (Å²) >= 11 is 5.83. The van der Waals surface area contributed by atoms with Crippen LogP contribution in [0.2, 0.25) is 5.02 Å². The van der Waals surface area contributed by atoms with E-state index in [0.29, 0.717) is 0 Å². The Morgan fingerprint density at radius 2 is 1.17 bits per heavy atom. The average molecular weight is 255 g/mol. The minimum absolute atomic E-state index is 0.766. The molecule has 0 aliphatic carbocycles. The number of hydrogen-bond acceptors (Lipinski definition) is 0. The van der Waals surface area contributed by atoms with Crippen LogP contribution in [-0.4, -0.2) is 0 Å². The molecule has 0 nitrogen and oxygen atoms in total. The Hall–Kier alpha value is -1.79. The van der Waals surface area contributed by atoms with Crippen molar-refractivity contribution in [2.75, 3.05) is 0 Å². The molecule has 0 N–H and O–H groups in total. The first-order chi connectivity index (χ1) is 8.74. The summed E-state index contributed by atoms with van der Waals surface area (Å²) in [4.78, 5) is 0. The smallest absolute Gasteiger partial charge is 0.0406 e. The molecule has 0 radical (unpaired) electrons. The van der Waals surface area contributed by atoms with E-state index < -0.39 is 0 Å². The van der Waals surface area contributed by atoms with Gasteiger partial charge in [-0.1, -0.05) is 77.9 Å². The van der Waals surface area contributed by atoms with Crippen LogP contribution in [0.3, 0.4) is 0 Å². The highest BCUT2D eigenvalue weighted by atomic mass is 35.5. The number of rotatable bonds is 3. The number of aryl methyl sites for hydroxylation is 1. The van der Waals surface area contributed by atoms with Gasteiger partial charge in [0.25, 0.3) is 0 Å². The van der Waals surface area contributed by atoms with Crippen LogP contribution in [0.4, 0.5) is 0 Å². The largest absolute Gasteiger partial charge is 0.0843 e. The molecule has 2 aromatic carbocycles. The fourth-order valence-electron chi connectivity index (χ4n) is 1.58. The second-order valence-corrected chi connectivity index (χ2v) is 4.62. The monoisotopic (exact) mass is 254 g/mol. The molecule has 0 heterocycles. The van der Waals surface area contributed by atoms with Crippen molar-refractivity contribution in [3.05, 3.63) is 82.4 Å². The van der Waals surface area contributed by atoms with E-state index in [4.69, 9.17) is 11.6 Å². The lowest BCUT2D eigenvalue weighted by Crippen LogP contribution is -1.72. The van der Waals surface area contributed by atoms with Gasteiger partial charge in [-0.25, -0.2) is 0 Å². The maximum Gasteiger partial charge on any atom is 0.0406 e. The van der Waals surface area contributed by atoms with E-state index in [-0.39, 0.29) is 0 Å². The molecule has 18 heavy (non-hydrogen) atoms. The van der Waals surface area contributed by atoms with Crippen molar-refractivity contribution in [1.29, 1.82) is 0 Å². The van der Waals surface area contributed by atoms with Crippen LogP contribution in [0, 0.1) is 6.92 Å². The summed E-state index contributed by atoms with van der Waals surface area (Å²) in [7, 11) is 0. The third kappa shape index (κ3) is 3.90. The van der Waals surface area contributed by atoms with Crippen molar-refractivity contribution in [3.8, 4) is 0 Å². The molecule has 0 aliphatic heterocycles. The van der Waals surface area contributed by atoms with Crippen LogP contribution in [0.25, 0.3) is 12.2 Å². The minimum atomic E-state index is 0.766. The Bertz CT molecular complexity index is 492. The Kier molecular flexibility index (Phi) is 4.38. The molecule has 0 unspecified atom stereocenters. The molecule has 0 aromatic heterocycles. The van der Waals surface area contributed by atoms with Gasteiger partial charge in [-0.05, 0) is 30.2 Å². The van der Waals surface area contributed by atoms with Gasteiger partial charge in [-0.3, -0.25) is 0 Å². The van der Waals surface area contributed by atoms with Crippen LogP contribution in [-0.2, 0) is 0 Å². The molecule has 2 rings (SSSR count). The van der Waals surface area contributed by atoms with Crippen molar-refractivity contribution in [2.24, 2.45) is 0 Å². The second kappa shape index (κ2) is 6.23. The van der Waals surface area contributed by atoms with Gasteiger partial charge in [0.1, 0.15) is 0 Å². The van der Waals surface area contributed by atoms with Crippen LogP contribution >= 0.6 is 11.6 Å². The first-order valence-corrected chi connectivity index (χ1v) is 6.29. The van der Waals surface area contributed by atoms with Gasteiger partial charge in [0.15, 0.2) is 0 Å². The van der Waals surface area contributed by atoms with Gasteiger partial charge in [-0.15, -0.1) is 0 Å². The number of halogens is 1. The van der Waals surface area contributed by atoms with Crippen molar-refractivity contribution in [1.82, 2.24) is 0 Å². The maximum atomic E-state index is 5.83. The zero-order valence-electron chi connectivity index (χ0n) is 10.3. The zero-order chi connectivity index (χ0) is 12.8. The molecule has 0 aliphatic rings. The predicted octanol–water partition coefficient (Wildman–Crippen LogP) is 5.38. The normalized spacial score (nSPS) is 11.4. The van der Waals surface area contributed by atoms with Gasteiger partial charge < -0.3 is 0 Å². The number of benzene rings is 2. The number of allylic oxidation sites excluding steroid dienone is 2. The van der Waals surface area contributed by atoms with E-state index in [0.717, 1.165) is 10.6 Å². The summed E-state index contributed by atoms with van der Waals surface area (Å²) in [5.74, 6) is 0. The lowest BCUT2D eigenvalue weighted by molar-refractivity contribution is 1.46. The summed E-state index contributed by atoms with van der Waals surface area (Å²) in [6.07, 6.45) is 8.22. The third-order valence-electron chi connectivity index (χ3n) is 2.64. The fourth-order valence-corrected chi connectivity index (χ4v) is 1.71. The standard InChI is InChI=1S/C17H15Cl/c1-14-6-8-15(9-7-14)4-2-3-5-16-10-12-17(18)13-11-16/h2-13H,1H3/b4-2+,5-3+. The Balaban J connectivity index is 1.98. The van der Waals surface area contributed by atoms with Crippen LogP contribution < -0.4 is 0 Å². The zero-order valence-corrected chi connectivity index (χ0v) is 11.1. The summed E-state index contributed by atoms with van der Waals surface area (Å²) in [6.45, 7) is 2.09. The Morgan fingerprint density at radius 3 is 1.67 bits per heavy atom. The van der Waals surface area contributed by atoms with E-state index in [1.54, 1.807) is 0 Å². The van der Waals surface area contributed by atoms with Crippen molar-refractivity contribution < 1.29 is 0 Å². The lowest BCUT2D eigenvalue weighted by Gasteiger charge is -1.94. The third-order valence-corrected chi connectivity index (χ3v) is 2.89. The van der Waals surface area contributed by atoms with E-state index in [9.17, 15) is 0 Å². The fraction of sp³-hybridized carbons (Fsp3) is 0.0588. The highest BCUT2D eigenvalue weighted by molar-refractivity contribution is 6.30. The maximum absolute atomic E-state index is 5.83. The average Bonchev–Trinajstić information content (AvgIpc) is 2.39. The number of hydrogen-bond donors (Lipinski definition) is 0. The first-order valence-electron chi connectivity index (χ1n) is 5.91. The van der Waals surface area contributed by atoms with Crippen molar-refractivity contribution >= 4 is 23.8 Å². The summed E-state index contributed by atoms with van der Waals surface area (Å²) in [5.41, 5.74) is 3.64. The predicted molar refractivity (Wildman–Crippen MR) is 80.7 cm³/mol. The van der Waals surface area contributed by atoms with Crippen molar-refractivity contribution in [3.63, 3.8) is 0 Å². The van der Waals surface area contributed by atoms with E-state index >= 15 is 0 Å². The lowest BCUT2D eigenvalue weighted by atomic mass is 10.1. The molecule has 0 spiro atoms. The molecular formula is C17H15Cl. The topological polar surface area (TPSA) is 0 Å². The quantitative estimate of drug-likeness (QED) is 0.646. The van der Waals surface area contributed by atoms with E-state index in [2.05, 4.69) is 43.3 Å². The van der Waals surface area contributed by atoms with Crippen LogP contribution in [0.1, 0.15) is 16.7 Å². The highest BCUT2D eigenvalue weighted by Crippen LogP contribution is 2.11. The van der Waals surface area contributed by atoms with Gasteiger partial charge >= 0.3 is 0 Å². The summed E-state index contributed by atoms with van der Waals surface area (Å²) < 4.78 is 0. The van der Waals surface area contributed by atoms with Gasteiger partial charge in [0.05, 0.1) is 0 Å². The molecular weight excluding hydrogens is 240 g/mol. The van der Waals surface area contributed by atoms with E-state index in [1.807, 2.05) is 36.4 Å². The second-order valence-electron chi connectivity index (χ2n) is 4.18. The molecule has 1 heteroatoms. The van der Waals surface area contributed by atoms with Crippen LogP contribution in [0.5, 0.6) is 0 Å². The SMILES string of the molecule is Cc1ccc(/C=C/C=C/c2ccc(Cl)cc2)cc1. The summed E-state index contributed by atoms with van der Waals surface area (Å²) in [6, 6.07) is 16.2. The van der Waals surface area contributed by atoms with Crippen molar-refractivity contribution in [2.45, 2.75) is 6.92 Å². The first kappa shape index (κ1) is 12.7. The van der Waals surface area contributed by atoms with Gasteiger partial charge in [0.2, 0.25) is 0 Å². The molecule has 0 atom stereocenters. The summed E-state index contributed by atoms with van der Waals surface area (Å²) in [5, 5.41) is 0.766. The Morgan fingerprint density at radius 1 is 0.722 bits per heavy atom. The molecule has 90 valence electrons. The molecule has 2 aromatic rings. The molecule has 0 amide bonds. The highest BCUT2D eigenvalue weighted by Gasteiger charge is 1.87. The molecule has 0 saturated carbocycles. The van der Waals surface area contributed by atoms with Gasteiger partial charge in [0, 0.05) is 5.02 Å². The molecule has 0 bridgehead atoms. The Labute approximate surface area is 113 Å². The molecule has 0 fully saturated rings. The van der Waals surface area contributed by atoms with Crippen LogP contribution in [0.15, 0.2) is 60.7 Å². The minimum Gasteiger partial charge on any atom is -0.0843 e. The van der Waals surface area contributed by atoms with E-state index in [1.165, 1.54) is 11.1 Å². The molecule has 0 saturated heterocycles.